The molecule has 1 aliphatic heterocycles. The van der Waals surface area contributed by atoms with Crippen molar-refractivity contribution in [1.82, 2.24) is 4.90 Å². The zero-order valence-electron chi connectivity index (χ0n) is 13.8. The van der Waals surface area contributed by atoms with Crippen molar-refractivity contribution in [2.24, 2.45) is 0 Å². The molecule has 0 radical (unpaired) electrons. The highest BCUT2D eigenvalue weighted by Gasteiger charge is 2.50. The van der Waals surface area contributed by atoms with Gasteiger partial charge in [-0.25, -0.2) is 14.0 Å². The van der Waals surface area contributed by atoms with E-state index in [-0.39, 0.29) is 6.61 Å². The SMILES string of the molecule is CC(C)(C)OC(=O)N1CC(=O)C(F)[C@H]1C(=O)OCc1ccccc1. The van der Waals surface area contributed by atoms with Crippen molar-refractivity contribution >= 4 is 17.8 Å². The predicted octanol–water partition coefficient (Wildman–Crippen LogP) is 2.26. The average molecular weight is 337 g/mol. The number of halogens is 1. The molecule has 6 nitrogen and oxygen atoms in total. The summed E-state index contributed by atoms with van der Waals surface area (Å²) in [4.78, 5) is 36.7. The average Bonchev–Trinajstić information content (AvgIpc) is 2.80. The highest BCUT2D eigenvalue weighted by atomic mass is 19.1. The monoisotopic (exact) mass is 337 g/mol. The lowest BCUT2D eigenvalue weighted by molar-refractivity contribution is -0.152. The number of hydrogen-bond donors (Lipinski definition) is 0. The number of carbonyl (C=O) groups is 3. The molecule has 24 heavy (non-hydrogen) atoms. The first-order chi connectivity index (χ1) is 11.2. The van der Waals surface area contributed by atoms with Gasteiger partial charge < -0.3 is 9.47 Å². The van der Waals surface area contributed by atoms with E-state index in [1.165, 1.54) is 0 Å². The number of Topliss-reactive ketones (excluding diaryl/α,β-unsaturated/α-hetero) is 1. The number of amides is 1. The van der Waals surface area contributed by atoms with Crippen molar-refractivity contribution in [2.75, 3.05) is 6.54 Å². The van der Waals surface area contributed by atoms with E-state index < -0.39 is 42.2 Å². The third-order valence-corrected chi connectivity index (χ3v) is 3.34. The second kappa shape index (κ2) is 6.98. The summed E-state index contributed by atoms with van der Waals surface area (Å²) in [6, 6.07) is 7.22. The Morgan fingerprint density at radius 1 is 1.25 bits per heavy atom. The standard InChI is InChI=1S/C17H20FNO5/c1-17(2,3)24-16(22)19-9-12(20)13(18)14(19)15(21)23-10-11-7-5-4-6-8-11/h4-8,13-14H,9-10H2,1-3H3/t13?,14-/m0/s1. The fourth-order valence-electron chi connectivity index (χ4n) is 2.25. The minimum atomic E-state index is -2.11. The number of ether oxygens (including phenoxy) is 2. The van der Waals surface area contributed by atoms with Crippen molar-refractivity contribution in [3.8, 4) is 0 Å². The van der Waals surface area contributed by atoms with E-state index in [4.69, 9.17) is 9.47 Å². The number of nitrogens with zero attached hydrogens (tertiary/aromatic N) is 1. The summed E-state index contributed by atoms with van der Waals surface area (Å²) >= 11 is 0. The number of alkyl halides is 1. The lowest BCUT2D eigenvalue weighted by Gasteiger charge is -2.27. The van der Waals surface area contributed by atoms with Crippen LogP contribution < -0.4 is 0 Å². The number of ketones is 1. The summed E-state index contributed by atoms with van der Waals surface area (Å²) < 4.78 is 24.3. The summed E-state index contributed by atoms with van der Waals surface area (Å²) in [6.07, 6.45) is -3.03. The van der Waals surface area contributed by atoms with Gasteiger partial charge in [-0.05, 0) is 26.3 Å². The Hall–Kier alpha value is -2.44. The van der Waals surface area contributed by atoms with Crippen LogP contribution >= 0.6 is 0 Å². The maximum atomic E-state index is 14.1. The Labute approximate surface area is 139 Å². The molecule has 1 aromatic rings. The van der Waals surface area contributed by atoms with Gasteiger partial charge in [0, 0.05) is 0 Å². The highest BCUT2D eigenvalue weighted by molar-refractivity contribution is 5.99. The zero-order chi connectivity index (χ0) is 17.9. The van der Waals surface area contributed by atoms with Crippen molar-refractivity contribution < 1.29 is 28.2 Å². The third-order valence-electron chi connectivity index (χ3n) is 3.34. The van der Waals surface area contributed by atoms with E-state index in [9.17, 15) is 18.8 Å². The molecule has 0 spiro atoms. The van der Waals surface area contributed by atoms with E-state index in [0.717, 1.165) is 10.5 Å². The van der Waals surface area contributed by atoms with Crippen LogP contribution in [0.2, 0.25) is 0 Å². The number of hydrogen-bond acceptors (Lipinski definition) is 5. The first-order valence-electron chi connectivity index (χ1n) is 7.56. The molecule has 1 saturated heterocycles. The molecule has 1 heterocycles. The number of esters is 1. The molecule has 0 aromatic heterocycles. The maximum absolute atomic E-state index is 14.1. The Morgan fingerprint density at radius 3 is 2.46 bits per heavy atom. The van der Waals surface area contributed by atoms with Crippen molar-refractivity contribution in [2.45, 2.75) is 45.2 Å². The van der Waals surface area contributed by atoms with Gasteiger partial charge in [0.2, 0.25) is 0 Å². The molecule has 1 aliphatic rings. The van der Waals surface area contributed by atoms with Crippen LogP contribution in [0.1, 0.15) is 26.3 Å². The molecular weight excluding hydrogens is 317 g/mol. The second-order valence-corrected chi connectivity index (χ2v) is 6.51. The number of benzene rings is 1. The Balaban J connectivity index is 2.07. The lowest BCUT2D eigenvalue weighted by Crippen LogP contribution is -2.46. The molecule has 0 N–H and O–H groups in total. The quantitative estimate of drug-likeness (QED) is 0.791. The van der Waals surface area contributed by atoms with Crippen molar-refractivity contribution in [1.29, 1.82) is 0 Å². The Bertz CT molecular complexity index is 626. The first kappa shape index (κ1) is 17.9. The molecule has 130 valence electrons. The van der Waals surface area contributed by atoms with Crippen LogP contribution in [0, 0.1) is 0 Å². The molecule has 2 rings (SSSR count). The zero-order valence-corrected chi connectivity index (χ0v) is 13.8. The predicted molar refractivity (Wildman–Crippen MR) is 82.9 cm³/mol. The number of rotatable bonds is 3. The van der Waals surface area contributed by atoms with Gasteiger partial charge in [0.25, 0.3) is 0 Å². The van der Waals surface area contributed by atoms with Crippen LogP contribution in [0.25, 0.3) is 0 Å². The van der Waals surface area contributed by atoms with Gasteiger partial charge in [-0.15, -0.1) is 0 Å². The maximum Gasteiger partial charge on any atom is 0.411 e. The van der Waals surface area contributed by atoms with Gasteiger partial charge in [-0.2, -0.15) is 0 Å². The van der Waals surface area contributed by atoms with Gasteiger partial charge in [0.1, 0.15) is 12.2 Å². The van der Waals surface area contributed by atoms with Crippen LogP contribution in [0.4, 0.5) is 9.18 Å². The molecule has 1 amide bonds. The van der Waals surface area contributed by atoms with Gasteiger partial charge in [-0.3, -0.25) is 9.69 Å². The van der Waals surface area contributed by atoms with Crippen molar-refractivity contribution in [3.05, 3.63) is 35.9 Å². The fraction of sp³-hybridized carbons (Fsp3) is 0.471. The molecule has 0 saturated carbocycles. The Kier molecular flexibility index (Phi) is 5.21. The van der Waals surface area contributed by atoms with E-state index in [2.05, 4.69) is 0 Å². The fourth-order valence-corrected chi connectivity index (χ4v) is 2.25. The summed E-state index contributed by atoms with van der Waals surface area (Å²) in [7, 11) is 0. The molecule has 2 atom stereocenters. The summed E-state index contributed by atoms with van der Waals surface area (Å²) in [5.41, 5.74) is -0.109. The van der Waals surface area contributed by atoms with E-state index >= 15 is 0 Å². The third kappa shape index (κ3) is 4.31. The van der Waals surface area contributed by atoms with Crippen LogP contribution in [0.5, 0.6) is 0 Å². The van der Waals surface area contributed by atoms with Gasteiger partial charge >= 0.3 is 12.1 Å². The molecule has 1 unspecified atom stereocenters. The van der Waals surface area contributed by atoms with E-state index in [1.54, 1.807) is 45.0 Å². The normalized spacial score (nSPS) is 20.8. The molecule has 7 heteroatoms. The topological polar surface area (TPSA) is 72.9 Å². The summed E-state index contributed by atoms with van der Waals surface area (Å²) in [6.45, 7) is 4.33. The molecule has 0 aliphatic carbocycles. The van der Waals surface area contributed by atoms with Crippen LogP contribution in [0.15, 0.2) is 30.3 Å². The lowest BCUT2D eigenvalue weighted by atomic mass is 10.2. The minimum Gasteiger partial charge on any atom is -0.459 e. The highest BCUT2D eigenvalue weighted by Crippen LogP contribution is 2.23. The first-order valence-corrected chi connectivity index (χ1v) is 7.56. The number of likely N-dealkylation sites (tertiary alicyclic amines) is 1. The molecule has 1 fully saturated rings. The molecule has 0 bridgehead atoms. The van der Waals surface area contributed by atoms with Crippen LogP contribution in [0.3, 0.4) is 0 Å². The largest absolute Gasteiger partial charge is 0.459 e. The van der Waals surface area contributed by atoms with Gasteiger partial charge in [0.05, 0.1) is 6.54 Å². The smallest absolute Gasteiger partial charge is 0.411 e. The Morgan fingerprint density at radius 2 is 1.88 bits per heavy atom. The minimum absolute atomic E-state index is 0.0702. The summed E-state index contributed by atoms with van der Waals surface area (Å²) in [5.74, 6) is -1.81. The molecule has 1 aromatic carbocycles. The summed E-state index contributed by atoms with van der Waals surface area (Å²) in [5, 5.41) is 0. The number of carbonyl (C=O) groups excluding carboxylic acids is 3. The van der Waals surface area contributed by atoms with Crippen LogP contribution in [-0.2, 0) is 25.7 Å². The van der Waals surface area contributed by atoms with E-state index in [1.807, 2.05) is 6.07 Å². The van der Waals surface area contributed by atoms with Crippen LogP contribution in [-0.4, -0.2) is 47.1 Å². The van der Waals surface area contributed by atoms with E-state index in [0.29, 0.717) is 0 Å². The van der Waals surface area contributed by atoms with Crippen molar-refractivity contribution in [3.63, 3.8) is 0 Å². The second-order valence-electron chi connectivity index (χ2n) is 6.51. The molecular formula is C17H20FNO5. The van der Waals surface area contributed by atoms with Gasteiger partial charge in [0.15, 0.2) is 18.0 Å². The van der Waals surface area contributed by atoms with Gasteiger partial charge in [-0.1, -0.05) is 30.3 Å².